The monoisotopic (exact) mass is 335 g/mol. The van der Waals surface area contributed by atoms with Gasteiger partial charge in [0.05, 0.1) is 34.1 Å². The fraction of sp³-hybridized carbons (Fsp3) is 0.0714. The highest BCUT2D eigenvalue weighted by atomic mass is 35.5. The molecule has 0 spiro atoms. The first kappa shape index (κ1) is 14.6. The van der Waals surface area contributed by atoms with Crippen LogP contribution in [0, 0.1) is 0 Å². The van der Waals surface area contributed by atoms with Gasteiger partial charge in [0, 0.05) is 23.8 Å². The lowest BCUT2D eigenvalue weighted by Gasteiger charge is -2.12. The second-order valence-electron chi connectivity index (χ2n) is 4.57. The van der Waals surface area contributed by atoms with Crippen LogP contribution in [0.2, 0.25) is 10.0 Å². The number of imidazole rings is 1. The minimum Gasteiger partial charge on any atom is -0.368 e. The van der Waals surface area contributed by atoms with Crippen LogP contribution in [-0.2, 0) is 4.79 Å². The summed E-state index contributed by atoms with van der Waals surface area (Å²) in [5.41, 5.74) is 6.50. The molecule has 112 valence electrons. The van der Waals surface area contributed by atoms with Crippen molar-refractivity contribution in [1.29, 1.82) is 0 Å². The molecule has 0 bridgehead atoms. The van der Waals surface area contributed by atoms with E-state index in [0.717, 1.165) is 11.1 Å². The Labute approximate surface area is 135 Å². The van der Waals surface area contributed by atoms with E-state index in [9.17, 15) is 4.79 Å². The summed E-state index contributed by atoms with van der Waals surface area (Å²) in [6.45, 7) is -0.0277. The minimum absolute atomic E-state index is 0.0277. The predicted molar refractivity (Wildman–Crippen MR) is 86.6 cm³/mol. The van der Waals surface area contributed by atoms with Crippen molar-refractivity contribution < 1.29 is 4.79 Å². The summed E-state index contributed by atoms with van der Waals surface area (Å²) in [5, 5.41) is 4.44. The number of nitrogens with two attached hydrogens (primary N) is 1. The SMILES string of the molecule is NC(=O)CNc1cc(-n2ccnc2)c2ccc(Cl)c(Cl)c2n1. The van der Waals surface area contributed by atoms with Gasteiger partial charge >= 0.3 is 0 Å². The number of carbonyl (C=O) groups is 1. The zero-order valence-corrected chi connectivity index (χ0v) is 12.8. The molecule has 0 saturated carbocycles. The van der Waals surface area contributed by atoms with Crippen molar-refractivity contribution >= 4 is 45.8 Å². The lowest BCUT2D eigenvalue weighted by Crippen LogP contribution is -2.22. The van der Waals surface area contributed by atoms with Crippen molar-refractivity contribution in [2.45, 2.75) is 0 Å². The fourth-order valence-electron chi connectivity index (χ4n) is 2.10. The summed E-state index contributed by atoms with van der Waals surface area (Å²) in [6, 6.07) is 5.34. The van der Waals surface area contributed by atoms with Crippen LogP contribution in [-0.4, -0.2) is 27.0 Å². The Hall–Kier alpha value is -2.31. The average Bonchev–Trinajstić information content (AvgIpc) is 3.02. The van der Waals surface area contributed by atoms with E-state index in [2.05, 4.69) is 15.3 Å². The van der Waals surface area contributed by atoms with Gasteiger partial charge in [-0.15, -0.1) is 0 Å². The molecule has 0 aliphatic carbocycles. The van der Waals surface area contributed by atoms with Crippen LogP contribution in [0.4, 0.5) is 5.82 Å². The highest BCUT2D eigenvalue weighted by Gasteiger charge is 2.12. The lowest BCUT2D eigenvalue weighted by atomic mass is 10.1. The third kappa shape index (κ3) is 2.70. The van der Waals surface area contributed by atoms with Crippen molar-refractivity contribution in [3.8, 4) is 5.69 Å². The zero-order valence-electron chi connectivity index (χ0n) is 11.3. The van der Waals surface area contributed by atoms with Gasteiger partial charge in [0.15, 0.2) is 0 Å². The third-order valence-electron chi connectivity index (χ3n) is 3.08. The van der Waals surface area contributed by atoms with Gasteiger partial charge in [0.2, 0.25) is 5.91 Å². The number of anilines is 1. The number of primary amides is 1. The second-order valence-corrected chi connectivity index (χ2v) is 5.36. The number of rotatable bonds is 4. The van der Waals surface area contributed by atoms with E-state index >= 15 is 0 Å². The molecule has 1 aromatic carbocycles. The number of aromatic nitrogens is 3. The van der Waals surface area contributed by atoms with Crippen molar-refractivity contribution in [1.82, 2.24) is 14.5 Å². The summed E-state index contributed by atoms with van der Waals surface area (Å²) < 4.78 is 1.82. The number of nitrogens with one attached hydrogen (secondary N) is 1. The van der Waals surface area contributed by atoms with E-state index in [1.54, 1.807) is 30.9 Å². The number of hydrogen-bond acceptors (Lipinski definition) is 4. The van der Waals surface area contributed by atoms with Gasteiger partial charge < -0.3 is 15.6 Å². The third-order valence-corrected chi connectivity index (χ3v) is 3.87. The molecule has 0 aliphatic heterocycles. The minimum atomic E-state index is -0.483. The van der Waals surface area contributed by atoms with E-state index in [-0.39, 0.29) is 6.54 Å². The molecule has 3 rings (SSSR count). The maximum absolute atomic E-state index is 10.9. The van der Waals surface area contributed by atoms with Crippen LogP contribution in [0.1, 0.15) is 0 Å². The molecule has 6 nitrogen and oxygen atoms in total. The van der Waals surface area contributed by atoms with Gasteiger partial charge in [-0.05, 0) is 12.1 Å². The van der Waals surface area contributed by atoms with E-state index in [4.69, 9.17) is 28.9 Å². The Kier molecular flexibility index (Phi) is 3.87. The molecule has 0 aliphatic rings. The summed E-state index contributed by atoms with van der Waals surface area (Å²) >= 11 is 12.3. The zero-order chi connectivity index (χ0) is 15.7. The maximum atomic E-state index is 10.9. The van der Waals surface area contributed by atoms with Gasteiger partial charge in [0.25, 0.3) is 0 Å². The molecule has 8 heteroatoms. The van der Waals surface area contributed by atoms with E-state index < -0.39 is 5.91 Å². The Morgan fingerprint density at radius 1 is 1.36 bits per heavy atom. The molecule has 0 atom stereocenters. The van der Waals surface area contributed by atoms with Crippen LogP contribution in [0.5, 0.6) is 0 Å². The quantitative estimate of drug-likeness (QED) is 0.767. The van der Waals surface area contributed by atoms with Crippen molar-refractivity contribution in [3.63, 3.8) is 0 Å². The standard InChI is InChI=1S/C14H11Cl2N5O/c15-9-2-1-8-10(21-4-3-18-7-21)5-12(19-6-11(17)22)20-14(8)13(9)16/h1-5,7H,6H2,(H2,17,22)(H,19,20). The predicted octanol–water partition coefficient (Wildman–Crippen LogP) is 2.62. The first-order valence-electron chi connectivity index (χ1n) is 6.35. The van der Waals surface area contributed by atoms with E-state index in [1.165, 1.54) is 0 Å². The Morgan fingerprint density at radius 3 is 2.86 bits per heavy atom. The maximum Gasteiger partial charge on any atom is 0.236 e. The summed E-state index contributed by atoms with van der Waals surface area (Å²) in [5.74, 6) is -0.0116. The normalized spacial score (nSPS) is 10.8. The summed E-state index contributed by atoms with van der Waals surface area (Å²) in [6.07, 6.45) is 5.13. The number of amides is 1. The van der Waals surface area contributed by atoms with Crippen molar-refractivity contribution in [3.05, 3.63) is 47.0 Å². The number of fused-ring (bicyclic) bond motifs is 1. The smallest absolute Gasteiger partial charge is 0.236 e. The van der Waals surface area contributed by atoms with E-state index in [0.29, 0.717) is 21.4 Å². The fourth-order valence-corrected chi connectivity index (χ4v) is 2.46. The molecule has 2 aromatic heterocycles. The van der Waals surface area contributed by atoms with Crippen molar-refractivity contribution in [2.75, 3.05) is 11.9 Å². The highest BCUT2D eigenvalue weighted by Crippen LogP contribution is 2.33. The van der Waals surface area contributed by atoms with Crippen LogP contribution < -0.4 is 11.1 Å². The topological polar surface area (TPSA) is 85.8 Å². The molecule has 3 aromatic rings. The molecule has 22 heavy (non-hydrogen) atoms. The van der Waals surface area contributed by atoms with Crippen LogP contribution >= 0.6 is 23.2 Å². The number of carbonyl (C=O) groups excluding carboxylic acids is 1. The van der Waals surface area contributed by atoms with Crippen LogP contribution in [0.15, 0.2) is 36.9 Å². The lowest BCUT2D eigenvalue weighted by molar-refractivity contribution is -0.116. The molecule has 0 fully saturated rings. The van der Waals surface area contributed by atoms with E-state index in [1.807, 2.05) is 10.6 Å². The number of hydrogen-bond donors (Lipinski definition) is 2. The Bertz CT molecular complexity index is 848. The summed E-state index contributed by atoms with van der Waals surface area (Å²) in [4.78, 5) is 19.4. The molecular formula is C14H11Cl2N5O. The first-order valence-corrected chi connectivity index (χ1v) is 7.11. The van der Waals surface area contributed by atoms with Gasteiger partial charge in [-0.2, -0.15) is 0 Å². The number of halogens is 2. The van der Waals surface area contributed by atoms with Gasteiger partial charge in [-0.25, -0.2) is 9.97 Å². The van der Waals surface area contributed by atoms with Crippen LogP contribution in [0.3, 0.4) is 0 Å². The molecule has 1 amide bonds. The first-order chi connectivity index (χ1) is 10.6. The van der Waals surface area contributed by atoms with Gasteiger partial charge in [0.1, 0.15) is 5.82 Å². The van der Waals surface area contributed by atoms with Gasteiger partial charge in [-0.3, -0.25) is 4.79 Å². The molecule has 3 N–H and O–H groups in total. The highest BCUT2D eigenvalue weighted by molar-refractivity contribution is 6.45. The van der Waals surface area contributed by atoms with Crippen molar-refractivity contribution in [2.24, 2.45) is 5.73 Å². The van der Waals surface area contributed by atoms with Crippen LogP contribution in [0.25, 0.3) is 16.6 Å². The second kappa shape index (κ2) is 5.82. The molecule has 2 heterocycles. The number of benzene rings is 1. The number of pyridine rings is 1. The van der Waals surface area contributed by atoms with Gasteiger partial charge in [-0.1, -0.05) is 23.2 Å². The molecular weight excluding hydrogens is 325 g/mol. The molecule has 0 radical (unpaired) electrons. The molecule has 0 saturated heterocycles. The summed E-state index contributed by atoms with van der Waals surface area (Å²) in [7, 11) is 0. The Morgan fingerprint density at radius 2 is 2.18 bits per heavy atom. The largest absolute Gasteiger partial charge is 0.368 e. The number of nitrogens with zero attached hydrogens (tertiary/aromatic N) is 3. The average molecular weight is 336 g/mol. The molecule has 0 unspecified atom stereocenters. The Balaban J connectivity index is 2.22.